The molecule has 5 rings (SSSR count). The highest BCUT2D eigenvalue weighted by atomic mass is 16.7. The lowest BCUT2D eigenvalue weighted by molar-refractivity contribution is -0.379. The van der Waals surface area contributed by atoms with Crippen LogP contribution in [0.5, 0.6) is 28.7 Å². The number of fused-ring (bicyclic) bond motifs is 4. The summed E-state index contributed by atoms with van der Waals surface area (Å²) in [4.78, 5) is 0. The summed E-state index contributed by atoms with van der Waals surface area (Å²) in [5.74, 6) is -1.23. The summed E-state index contributed by atoms with van der Waals surface area (Å²) in [7, 11) is 0. The number of ether oxygens (including phenoxy) is 4. The molecule has 0 radical (unpaired) electrons. The van der Waals surface area contributed by atoms with E-state index in [1.807, 2.05) is 0 Å². The molecule has 2 aromatic carbocycles. The van der Waals surface area contributed by atoms with Crippen LogP contribution in [-0.2, 0) is 14.2 Å². The third kappa shape index (κ3) is 3.22. The number of hydrogen-bond donors (Lipinski definition) is 7. The zero-order valence-electron chi connectivity index (χ0n) is 16.5. The van der Waals surface area contributed by atoms with Crippen molar-refractivity contribution >= 4 is 0 Å². The van der Waals surface area contributed by atoms with Gasteiger partial charge in [-0.1, -0.05) is 6.07 Å². The monoisotopic (exact) mass is 450 g/mol. The highest BCUT2D eigenvalue weighted by molar-refractivity contribution is 5.53. The molecule has 8 atom stereocenters. The largest absolute Gasteiger partial charge is 0.508 e. The topological polar surface area (TPSA) is 179 Å². The van der Waals surface area contributed by atoms with E-state index in [1.54, 1.807) is 0 Å². The Balaban J connectivity index is 1.59. The van der Waals surface area contributed by atoms with Gasteiger partial charge < -0.3 is 54.7 Å². The van der Waals surface area contributed by atoms with Gasteiger partial charge in [-0.3, -0.25) is 0 Å². The Hall–Kier alpha value is -2.80. The number of aliphatic hydroxyl groups is 3. The Labute approximate surface area is 181 Å². The first-order valence-corrected chi connectivity index (χ1v) is 9.96. The van der Waals surface area contributed by atoms with E-state index >= 15 is 0 Å². The molecule has 0 aromatic heterocycles. The first-order valence-electron chi connectivity index (χ1n) is 9.96. The number of benzene rings is 2. The number of aliphatic hydroxyl groups excluding tert-OH is 3. The van der Waals surface area contributed by atoms with Gasteiger partial charge in [0.1, 0.15) is 53.9 Å². The Bertz CT molecular complexity index is 1030. The number of rotatable bonds is 2. The van der Waals surface area contributed by atoms with Gasteiger partial charge in [0.25, 0.3) is 0 Å². The smallest absolute Gasteiger partial charge is 0.187 e. The molecule has 0 spiro atoms. The molecule has 0 amide bonds. The summed E-state index contributed by atoms with van der Waals surface area (Å²) in [6.07, 6.45) is -9.24. The maximum atomic E-state index is 10.5. The second-order valence-electron chi connectivity index (χ2n) is 7.99. The summed E-state index contributed by atoms with van der Waals surface area (Å²) in [5, 5.41) is 70.2. The van der Waals surface area contributed by atoms with Crippen LogP contribution in [0, 0.1) is 0 Å². The molecule has 3 aliphatic heterocycles. The fraction of sp³-hybridized carbons (Fsp3) is 0.429. The van der Waals surface area contributed by atoms with Crippen LogP contribution >= 0.6 is 0 Å². The molecule has 3 heterocycles. The molecule has 0 aliphatic carbocycles. The molecule has 2 fully saturated rings. The summed E-state index contributed by atoms with van der Waals surface area (Å²) in [6, 6.07) is 6.42. The molecular weight excluding hydrogens is 428 g/mol. The average Bonchev–Trinajstić information content (AvgIpc) is 2.76. The van der Waals surface area contributed by atoms with E-state index in [1.165, 1.54) is 24.3 Å². The molecular formula is C21H22O11. The number of aromatic hydroxyl groups is 4. The van der Waals surface area contributed by atoms with Crippen molar-refractivity contribution in [3.63, 3.8) is 0 Å². The highest BCUT2D eigenvalue weighted by Gasteiger charge is 2.56. The van der Waals surface area contributed by atoms with Crippen molar-refractivity contribution in [2.45, 2.75) is 49.0 Å². The molecule has 11 heteroatoms. The molecule has 3 aliphatic rings. The third-order valence-electron chi connectivity index (χ3n) is 5.99. The van der Waals surface area contributed by atoms with Crippen molar-refractivity contribution in [1.29, 1.82) is 0 Å². The number of hydrogen-bond acceptors (Lipinski definition) is 11. The zero-order chi connectivity index (χ0) is 22.7. The van der Waals surface area contributed by atoms with Crippen LogP contribution in [0.15, 0.2) is 30.3 Å². The predicted octanol–water partition coefficient (Wildman–Crippen LogP) is -0.0932. The van der Waals surface area contributed by atoms with Crippen molar-refractivity contribution in [1.82, 2.24) is 0 Å². The van der Waals surface area contributed by atoms with E-state index < -0.39 is 61.4 Å². The molecule has 0 saturated carbocycles. The van der Waals surface area contributed by atoms with Crippen molar-refractivity contribution in [3.8, 4) is 28.7 Å². The summed E-state index contributed by atoms with van der Waals surface area (Å²) in [5.41, 5.74) is 0.553. The van der Waals surface area contributed by atoms with Crippen LogP contribution in [0.3, 0.4) is 0 Å². The van der Waals surface area contributed by atoms with Crippen LogP contribution in [0.1, 0.15) is 23.3 Å². The zero-order valence-corrected chi connectivity index (χ0v) is 16.5. The second-order valence-corrected chi connectivity index (χ2v) is 7.99. The van der Waals surface area contributed by atoms with Crippen LogP contribution in [0.25, 0.3) is 0 Å². The van der Waals surface area contributed by atoms with Gasteiger partial charge >= 0.3 is 0 Å². The second kappa shape index (κ2) is 7.66. The maximum absolute atomic E-state index is 10.5. The van der Waals surface area contributed by atoms with E-state index in [0.29, 0.717) is 5.56 Å². The fourth-order valence-electron chi connectivity index (χ4n) is 4.41. The molecule has 172 valence electrons. The maximum Gasteiger partial charge on any atom is 0.187 e. The molecule has 2 saturated heterocycles. The molecule has 0 bridgehead atoms. The molecule has 11 nitrogen and oxygen atoms in total. The number of phenols is 4. The normalized spacial score (nSPS) is 35.8. The first-order chi connectivity index (χ1) is 15.3. The van der Waals surface area contributed by atoms with Gasteiger partial charge in [-0.15, -0.1) is 0 Å². The summed E-state index contributed by atoms with van der Waals surface area (Å²) >= 11 is 0. The van der Waals surface area contributed by atoms with Crippen molar-refractivity contribution in [2.75, 3.05) is 6.61 Å². The minimum Gasteiger partial charge on any atom is -0.508 e. The minimum absolute atomic E-state index is 0.0864. The fourth-order valence-corrected chi connectivity index (χ4v) is 4.41. The Morgan fingerprint density at radius 1 is 0.750 bits per heavy atom. The lowest BCUT2D eigenvalue weighted by Crippen LogP contribution is -2.64. The molecule has 32 heavy (non-hydrogen) atoms. The van der Waals surface area contributed by atoms with Crippen molar-refractivity contribution < 1.29 is 54.7 Å². The van der Waals surface area contributed by atoms with Gasteiger partial charge in [0.15, 0.2) is 23.9 Å². The van der Waals surface area contributed by atoms with Gasteiger partial charge in [-0.2, -0.15) is 0 Å². The van der Waals surface area contributed by atoms with Gasteiger partial charge in [-0.25, -0.2) is 0 Å². The van der Waals surface area contributed by atoms with Crippen LogP contribution in [0.2, 0.25) is 0 Å². The van der Waals surface area contributed by atoms with Crippen molar-refractivity contribution in [2.24, 2.45) is 0 Å². The molecule has 4 unspecified atom stereocenters. The lowest BCUT2D eigenvalue weighted by atomic mass is 9.88. The van der Waals surface area contributed by atoms with Gasteiger partial charge in [0.05, 0.1) is 12.2 Å². The lowest BCUT2D eigenvalue weighted by Gasteiger charge is -2.51. The summed E-state index contributed by atoms with van der Waals surface area (Å²) < 4.78 is 23.7. The first kappa shape index (κ1) is 21.1. The molecule has 7 N–H and O–H groups in total. The Kier molecular flexibility index (Phi) is 5.04. The van der Waals surface area contributed by atoms with E-state index in [-0.39, 0.29) is 28.6 Å². The van der Waals surface area contributed by atoms with Crippen LogP contribution in [-0.4, -0.2) is 79.2 Å². The SMILES string of the molecule is OC[C@H]1OC2OC3C(OC2[C@@H](O)[C@@H]1O)c1c(O)cc(O)cc1O[C@@H]3c1ccc(O)c(O)c1. The van der Waals surface area contributed by atoms with Gasteiger partial charge in [0, 0.05) is 12.1 Å². The van der Waals surface area contributed by atoms with Gasteiger partial charge in [-0.05, 0) is 17.7 Å². The van der Waals surface area contributed by atoms with E-state index in [9.17, 15) is 35.7 Å². The van der Waals surface area contributed by atoms with Crippen LogP contribution < -0.4 is 4.74 Å². The van der Waals surface area contributed by atoms with Crippen molar-refractivity contribution in [3.05, 3.63) is 41.5 Å². The van der Waals surface area contributed by atoms with Crippen LogP contribution in [0.4, 0.5) is 0 Å². The minimum atomic E-state index is -1.45. The van der Waals surface area contributed by atoms with E-state index in [4.69, 9.17) is 18.9 Å². The standard InChI is InChI=1S/C21H22O11/c22-6-13-15(27)16(28)19-21(30-13)32-20-17(7-1-2-9(24)10(25)3-7)29-12-5-8(23)4-11(26)14(12)18(20)31-19/h1-5,13,15-28H,6H2/t13-,15-,16+,17-,18?,19?,20?,21?/m1/s1. The van der Waals surface area contributed by atoms with E-state index in [0.717, 1.165) is 6.07 Å². The molecule has 2 aromatic rings. The predicted molar refractivity (Wildman–Crippen MR) is 103 cm³/mol. The average molecular weight is 450 g/mol. The van der Waals surface area contributed by atoms with E-state index in [2.05, 4.69) is 0 Å². The highest BCUT2D eigenvalue weighted by Crippen LogP contribution is 2.53. The quantitative estimate of drug-likeness (QED) is 0.304. The third-order valence-corrected chi connectivity index (χ3v) is 5.99. The van der Waals surface area contributed by atoms with Gasteiger partial charge in [0.2, 0.25) is 0 Å². The summed E-state index contributed by atoms with van der Waals surface area (Å²) in [6.45, 7) is -0.562. The Morgan fingerprint density at radius 3 is 2.25 bits per heavy atom. The Morgan fingerprint density at radius 2 is 1.53 bits per heavy atom. The number of phenolic OH excluding ortho intramolecular Hbond substituents is 4.